The fourth-order valence-electron chi connectivity index (χ4n) is 1.90. The molecule has 0 aliphatic rings. The van der Waals surface area contributed by atoms with Crippen LogP contribution in [-0.4, -0.2) is 20.2 Å². The first-order valence-corrected chi connectivity index (χ1v) is 6.99. The molecule has 2 heterocycles. The van der Waals surface area contributed by atoms with Crippen LogP contribution >= 0.6 is 22.6 Å². The predicted molar refractivity (Wildman–Crippen MR) is 81.1 cm³/mol. The SMILES string of the molecule is Fc1cnccc1-c1nnc(I)nc1-c1ccccc1F. The third-order valence-electron chi connectivity index (χ3n) is 2.82. The van der Waals surface area contributed by atoms with Crippen molar-refractivity contribution in [3.05, 3.63) is 58.2 Å². The van der Waals surface area contributed by atoms with Gasteiger partial charge in [-0.1, -0.05) is 12.1 Å². The lowest BCUT2D eigenvalue weighted by molar-refractivity contribution is 0.622. The van der Waals surface area contributed by atoms with Crippen molar-refractivity contribution >= 4 is 22.6 Å². The van der Waals surface area contributed by atoms with Crippen molar-refractivity contribution in [1.29, 1.82) is 0 Å². The minimum atomic E-state index is -0.563. The molecule has 0 aliphatic heterocycles. The second-order valence-electron chi connectivity index (χ2n) is 4.11. The van der Waals surface area contributed by atoms with Crippen LogP contribution in [0.5, 0.6) is 0 Å². The molecule has 3 aromatic rings. The van der Waals surface area contributed by atoms with Gasteiger partial charge in [-0.05, 0) is 18.2 Å². The van der Waals surface area contributed by atoms with Gasteiger partial charge in [-0.3, -0.25) is 4.98 Å². The summed E-state index contributed by atoms with van der Waals surface area (Å²) in [6, 6.07) is 7.60. The van der Waals surface area contributed by atoms with Crippen LogP contribution in [0.1, 0.15) is 0 Å². The summed E-state index contributed by atoms with van der Waals surface area (Å²) in [7, 11) is 0. The number of pyridine rings is 1. The van der Waals surface area contributed by atoms with Crippen LogP contribution in [0.15, 0.2) is 42.7 Å². The molecule has 0 radical (unpaired) electrons. The van der Waals surface area contributed by atoms with E-state index in [4.69, 9.17) is 0 Å². The van der Waals surface area contributed by atoms with E-state index in [0.717, 1.165) is 6.20 Å². The van der Waals surface area contributed by atoms with Gasteiger partial charge in [-0.2, -0.15) is 0 Å². The molecule has 0 fully saturated rings. The van der Waals surface area contributed by atoms with Crippen LogP contribution in [0.3, 0.4) is 0 Å². The van der Waals surface area contributed by atoms with Gasteiger partial charge in [0.25, 0.3) is 0 Å². The van der Waals surface area contributed by atoms with Crippen molar-refractivity contribution in [2.75, 3.05) is 0 Å². The van der Waals surface area contributed by atoms with Gasteiger partial charge in [0, 0.05) is 39.9 Å². The van der Waals surface area contributed by atoms with Gasteiger partial charge in [-0.25, -0.2) is 13.8 Å². The molecule has 7 heteroatoms. The molecule has 1 aromatic carbocycles. The third kappa shape index (κ3) is 2.73. The van der Waals surface area contributed by atoms with Crippen LogP contribution in [-0.2, 0) is 0 Å². The smallest absolute Gasteiger partial charge is 0.212 e. The lowest BCUT2D eigenvalue weighted by Gasteiger charge is -2.09. The van der Waals surface area contributed by atoms with E-state index in [1.54, 1.807) is 18.2 Å². The first kappa shape index (κ1) is 13.9. The molecule has 3 rings (SSSR count). The number of hydrogen-bond acceptors (Lipinski definition) is 4. The molecule has 0 unspecified atom stereocenters. The summed E-state index contributed by atoms with van der Waals surface area (Å²) in [4.78, 5) is 7.90. The van der Waals surface area contributed by atoms with Gasteiger partial charge in [0.2, 0.25) is 3.83 Å². The Morgan fingerprint density at radius 3 is 2.38 bits per heavy atom. The van der Waals surface area contributed by atoms with Gasteiger partial charge < -0.3 is 0 Å². The number of rotatable bonds is 2. The average Bonchev–Trinajstić information content (AvgIpc) is 2.49. The van der Waals surface area contributed by atoms with Gasteiger partial charge in [0.15, 0.2) is 5.82 Å². The molecule has 0 saturated heterocycles. The molecule has 2 aromatic heterocycles. The zero-order chi connectivity index (χ0) is 14.8. The van der Waals surface area contributed by atoms with E-state index in [9.17, 15) is 8.78 Å². The Balaban J connectivity index is 2.29. The largest absolute Gasteiger partial charge is 0.262 e. The van der Waals surface area contributed by atoms with E-state index >= 15 is 0 Å². The predicted octanol–water partition coefficient (Wildman–Crippen LogP) is 3.48. The molecule has 0 saturated carbocycles. The van der Waals surface area contributed by atoms with Crippen molar-refractivity contribution in [1.82, 2.24) is 20.2 Å². The Kier molecular flexibility index (Phi) is 3.82. The second-order valence-corrected chi connectivity index (χ2v) is 5.08. The monoisotopic (exact) mass is 396 g/mol. The van der Waals surface area contributed by atoms with Crippen LogP contribution in [0, 0.1) is 15.5 Å². The fraction of sp³-hybridized carbons (Fsp3) is 0. The van der Waals surface area contributed by atoms with E-state index in [2.05, 4.69) is 20.2 Å². The van der Waals surface area contributed by atoms with E-state index < -0.39 is 11.6 Å². The molecule has 0 amide bonds. The molecular weight excluding hydrogens is 389 g/mol. The van der Waals surface area contributed by atoms with Crippen molar-refractivity contribution in [2.24, 2.45) is 0 Å². The van der Waals surface area contributed by atoms with Crippen LogP contribution < -0.4 is 0 Å². The van der Waals surface area contributed by atoms with Crippen LogP contribution in [0.2, 0.25) is 0 Å². The van der Waals surface area contributed by atoms with Crippen LogP contribution in [0.4, 0.5) is 8.78 Å². The fourth-order valence-corrected chi connectivity index (χ4v) is 2.24. The summed E-state index contributed by atoms with van der Waals surface area (Å²) < 4.78 is 28.3. The third-order valence-corrected chi connectivity index (χ3v) is 3.27. The molecule has 4 nitrogen and oxygen atoms in total. The van der Waals surface area contributed by atoms with Crippen molar-refractivity contribution in [3.63, 3.8) is 0 Å². The molecule has 0 spiro atoms. The van der Waals surface area contributed by atoms with Crippen molar-refractivity contribution in [2.45, 2.75) is 0 Å². The molecular formula is C14H7F2IN4. The molecule has 0 atom stereocenters. The number of hydrogen-bond donors (Lipinski definition) is 0. The van der Waals surface area contributed by atoms with E-state index in [0.29, 0.717) is 3.83 Å². The van der Waals surface area contributed by atoms with Gasteiger partial charge in [-0.15, -0.1) is 10.2 Å². The normalized spacial score (nSPS) is 10.6. The maximum absolute atomic E-state index is 14.0. The van der Waals surface area contributed by atoms with Crippen molar-refractivity contribution in [3.8, 4) is 22.5 Å². The van der Waals surface area contributed by atoms with Gasteiger partial charge in [0.05, 0.1) is 6.20 Å². The first-order chi connectivity index (χ1) is 10.2. The highest BCUT2D eigenvalue weighted by atomic mass is 127. The van der Waals surface area contributed by atoms with Crippen molar-refractivity contribution < 1.29 is 8.78 Å². The topological polar surface area (TPSA) is 51.6 Å². The zero-order valence-corrected chi connectivity index (χ0v) is 12.6. The minimum Gasteiger partial charge on any atom is -0.262 e. The highest BCUT2D eigenvalue weighted by Gasteiger charge is 2.18. The van der Waals surface area contributed by atoms with E-state index in [1.807, 2.05) is 22.6 Å². The first-order valence-electron chi connectivity index (χ1n) is 5.92. The Morgan fingerprint density at radius 1 is 0.857 bits per heavy atom. The lowest BCUT2D eigenvalue weighted by atomic mass is 10.0. The summed E-state index contributed by atoms with van der Waals surface area (Å²) in [6.07, 6.45) is 2.50. The Hall–Kier alpha value is -2.03. The summed E-state index contributed by atoms with van der Waals surface area (Å²) in [6.45, 7) is 0. The molecule has 104 valence electrons. The second kappa shape index (κ2) is 5.76. The molecule has 0 N–H and O–H groups in total. The maximum atomic E-state index is 14.0. The molecule has 0 bridgehead atoms. The van der Waals surface area contributed by atoms with Gasteiger partial charge >= 0.3 is 0 Å². The quantitative estimate of drug-likeness (QED) is 0.623. The maximum Gasteiger partial charge on any atom is 0.212 e. The molecule has 21 heavy (non-hydrogen) atoms. The number of benzene rings is 1. The lowest BCUT2D eigenvalue weighted by Crippen LogP contribution is -2.02. The van der Waals surface area contributed by atoms with E-state index in [-0.39, 0.29) is 22.5 Å². The summed E-state index contributed by atoms with van der Waals surface area (Å²) in [5, 5.41) is 7.80. The number of halogens is 3. The Labute approximate surface area is 132 Å². The van der Waals surface area contributed by atoms with Crippen LogP contribution in [0.25, 0.3) is 22.5 Å². The number of nitrogens with zero attached hydrogens (tertiary/aromatic N) is 4. The van der Waals surface area contributed by atoms with Gasteiger partial charge in [0.1, 0.15) is 17.2 Å². The Bertz CT molecular complexity index is 810. The number of aromatic nitrogens is 4. The standard InChI is InChI=1S/C14H7F2IN4/c15-10-4-2-1-3-8(10)12-13(20-21-14(17)19-12)9-5-6-18-7-11(9)16/h1-7H. The minimum absolute atomic E-state index is 0.180. The summed E-state index contributed by atoms with van der Waals surface area (Å²) >= 11 is 1.88. The summed E-state index contributed by atoms with van der Waals surface area (Å²) in [5.74, 6) is -1.02. The highest BCUT2D eigenvalue weighted by Crippen LogP contribution is 2.31. The van der Waals surface area contributed by atoms with E-state index in [1.165, 1.54) is 18.3 Å². The average molecular weight is 396 g/mol. The molecule has 0 aliphatic carbocycles. The summed E-state index contributed by atoms with van der Waals surface area (Å²) in [5.41, 5.74) is 0.856. The highest BCUT2D eigenvalue weighted by molar-refractivity contribution is 14.1. The Morgan fingerprint density at radius 2 is 1.62 bits per heavy atom. The zero-order valence-electron chi connectivity index (χ0n) is 10.5.